The number of nitrogens with two attached hydrogens (primary N) is 2. The Balaban J connectivity index is 1.32. The van der Waals surface area contributed by atoms with Crippen LogP contribution in [-0.4, -0.2) is 200 Å². The van der Waals surface area contributed by atoms with E-state index in [-0.39, 0.29) is 106 Å². The number of aromatic hydroxyl groups is 1. The molecular weight excluding hydrogens is 1260 g/mol. The van der Waals surface area contributed by atoms with Crippen LogP contribution in [-0.2, 0) is 86.3 Å². The van der Waals surface area contributed by atoms with Gasteiger partial charge in [-0.3, -0.25) is 52.9 Å². The molecule has 2 aromatic heterocycles. The van der Waals surface area contributed by atoms with Gasteiger partial charge in [0.2, 0.25) is 59.1 Å². The molecule has 17 N–H and O–H groups in total. The van der Waals surface area contributed by atoms with Crippen LogP contribution >= 0.6 is 0 Å². The lowest BCUT2D eigenvalue weighted by Gasteiger charge is -2.31. The number of esters is 2. The number of aliphatic hydroxyl groups is 1. The highest BCUT2D eigenvalue weighted by atomic mass is 16.6. The van der Waals surface area contributed by atoms with E-state index in [0.717, 1.165) is 13.8 Å². The molecule has 4 aromatic rings. The average molecular weight is 1350 g/mol. The molecule has 2 fully saturated rings. The van der Waals surface area contributed by atoms with Gasteiger partial charge in [0.25, 0.3) is 0 Å². The van der Waals surface area contributed by atoms with Gasteiger partial charge in [-0.25, -0.2) is 14.6 Å². The first-order valence-corrected chi connectivity index (χ1v) is 32.5. The number of aliphatic imine (C=N–C) groups is 1. The van der Waals surface area contributed by atoms with Crippen molar-refractivity contribution in [3.63, 3.8) is 0 Å². The molecule has 0 bridgehead atoms. The number of likely N-dealkylation sites (N-methyl/N-ethyl adjacent to an activating group) is 1. The van der Waals surface area contributed by atoms with Crippen LogP contribution in [0.15, 0.2) is 72.2 Å². The van der Waals surface area contributed by atoms with Crippen LogP contribution in [0.25, 0.3) is 10.9 Å². The van der Waals surface area contributed by atoms with E-state index in [4.69, 9.17) is 20.9 Å². The maximum absolute atomic E-state index is 15.1. The predicted molar refractivity (Wildman–Crippen MR) is 351 cm³/mol. The summed E-state index contributed by atoms with van der Waals surface area (Å²) >= 11 is 0. The van der Waals surface area contributed by atoms with Gasteiger partial charge in [0.05, 0.1) is 6.33 Å². The number of imidazole rings is 1. The van der Waals surface area contributed by atoms with Crippen molar-refractivity contribution in [2.24, 2.45) is 28.3 Å². The van der Waals surface area contributed by atoms with E-state index in [1.807, 2.05) is 13.8 Å². The maximum Gasteiger partial charge on any atom is 0.347 e. The van der Waals surface area contributed by atoms with Crippen molar-refractivity contribution in [2.45, 2.75) is 186 Å². The van der Waals surface area contributed by atoms with E-state index in [9.17, 15) is 53.4 Å². The molecule has 0 spiro atoms. The average Bonchev–Trinajstić information content (AvgIpc) is 1.80. The number of ether oxygens (including phenoxy) is 2. The highest BCUT2D eigenvalue weighted by Gasteiger charge is 2.40. The molecular formula is C65H92N16O16. The molecule has 2 saturated heterocycles. The summed E-state index contributed by atoms with van der Waals surface area (Å²) in [5, 5.41) is 44.9. The number of fused-ring (bicyclic) bond motifs is 1. The number of hydrogen-bond donors (Lipinski definition) is 15. The Morgan fingerprint density at radius 1 is 0.691 bits per heavy atom. The summed E-state index contributed by atoms with van der Waals surface area (Å²) in [6.45, 7) is 10.8. The zero-order valence-corrected chi connectivity index (χ0v) is 55.6. The quantitative estimate of drug-likeness (QED) is 0.0106. The summed E-state index contributed by atoms with van der Waals surface area (Å²) in [6, 6.07) is 0.334. The van der Waals surface area contributed by atoms with E-state index in [1.165, 1.54) is 41.7 Å². The van der Waals surface area contributed by atoms with Crippen molar-refractivity contribution < 1.29 is 77.2 Å². The second-order valence-electron chi connectivity index (χ2n) is 25.0. The summed E-state index contributed by atoms with van der Waals surface area (Å²) in [5.41, 5.74) is 13.0. The zero-order chi connectivity index (χ0) is 71.0. The van der Waals surface area contributed by atoms with Crippen LogP contribution in [0.5, 0.6) is 5.75 Å². The molecule has 0 saturated carbocycles. The fraction of sp³-hybridized carbons (Fsp3) is 0.538. The molecule has 11 atom stereocenters. The monoisotopic (exact) mass is 1350 g/mol. The Labute approximate surface area is 560 Å². The van der Waals surface area contributed by atoms with E-state index >= 15 is 14.4 Å². The number of likely N-dealkylation sites (tertiary alicyclic amines) is 1. The van der Waals surface area contributed by atoms with Gasteiger partial charge in [-0.2, -0.15) is 0 Å². The SMILES string of the molecule is CCNC(=O)[C@@H]1CCCN1C(=O)[C@H](CCCN=C(N)N)NC(=O)[C@H](CC(C)C)NC(=O)[C@@H](CC(C)C)NC(=O)[C@H](Cc1ccc(O)cc1)NC(=O)[C@H](COC(=O)[C@H](C)OC(=O)[C@@H](C)O)NC(=O)[C@H](Cc1c[nH]c2ccccc12)NC(=O)[C@H](Cc1cnc[nH]1)NC(=O)[C@@H]1CCC(=O)N1. The van der Waals surface area contributed by atoms with Crippen LogP contribution in [0.3, 0.4) is 0 Å². The van der Waals surface area contributed by atoms with Gasteiger partial charge in [0.1, 0.15) is 72.8 Å². The third-order valence-electron chi connectivity index (χ3n) is 16.1. The van der Waals surface area contributed by atoms with Gasteiger partial charge >= 0.3 is 11.9 Å². The number of hydrogen-bond acceptors (Lipinski definition) is 18. The van der Waals surface area contributed by atoms with Gasteiger partial charge in [0, 0.05) is 74.3 Å². The first kappa shape index (κ1) is 75.9. The van der Waals surface area contributed by atoms with Crippen LogP contribution in [0.1, 0.15) is 117 Å². The number of aromatic nitrogens is 3. The summed E-state index contributed by atoms with van der Waals surface area (Å²) < 4.78 is 10.5. The third kappa shape index (κ3) is 23.3. The summed E-state index contributed by atoms with van der Waals surface area (Å²) in [6.07, 6.45) is 1.72. The van der Waals surface area contributed by atoms with Crippen molar-refractivity contribution in [3.8, 4) is 5.75 Å². The van der Waals surface area contributed by atoms with Crippen molar-refractivity contribution in [3.05, 3.63) is 84.1 Å². The van der Waals surface area contributed by atoms with E-state index in [2.05, 4.69) is 67.8 Å². The molecule has 97 heavy (non-hydrogen) atoms. The van der Waals surface area contributed by atoms with Crippen LogP contribution < -0.4 is 59.3 Å². The summed E-state index contributed by atoms with van der Waals surface area (Å²) in [7, 11) is 0. The number of H-pyrrole nitrogens is 2. The normalized spacial score (nSPS) is 17.1. The lowest BCUT2D eigenvalue weighted by atomic mass is 9.98. The number of phenols is 1. The second kappa shape index (κ2) is 36.7. The topological polar surface area (TPSA) is 484 Å². The van der Waals surface area contributed by atoms with Crippen molar-refractivity contribution in [1.29, 1.82) is 0 Å². The molecule has 6 rings (SSSR count). The Morgan fingerprint density at radius 3 is 1.85 bits per heavy atom. The van der Waals surface area contributed by atoms with E-state index in [0.29, 0.717) is 47.1 Å². The summed E-state index contributed by atoms with van der Waals surface area (Å²) in [5.74, 6) is -10.9. The van der Waals surface area contributed by atoms with Gasteiger partial charge < -0.3 is 93.9 Å². The third-order valence-corrected chi connectivity index (χ3v) is 16.1. The fourth-order valence-electron chi connectivity index (χ4n) is 11.1. The molecule has 32 nitrogen and oxygen atoms in total. The Kier molecular flexibility index (Phi) is 28.7. The molecule has 0 aliphatic carbocycles. The smallest absolute Gasteiger partial charge is 0.347 e. The highest BCUT2D eigenvalue weighted by molar-refractivity contribution is 6.00. The number of carbonyl (C=O) groups excluding carboxylic acids is 12. The standard InChI is InChI=1S/C65H92N16O16/c1-8-69-61(92)52-16-12-24-81(52)62(93)45(15-11-23-70-65(66)67)74-55(86)46(25-34(2)3)75-56(87)47(26-35(4)5)76-57(88)48(27-38-17-19-41(83)20-18-38)77-60(91)51(32-96-64(95)37(7)97-63(94)36(6)82)80-58(89)49(28-39-30-71-43-14-10-9-13-42(39)43)78-59(90)50(29-40-31-68-33-72-40)79-54(85)44-21-22-53(84)73-44/h9-10,13-14,17-20,30-31,33-37,44-52,71,82-83H,8,11-12,15-16,21-29,32H2,1-7H3,(H,68,72)(H,69,92)(H,73,84)(H,74,86)(H,75,87)(H,76,88)(H,77,91)(H,78,90)(H,79,85)(H,80,89)(H4,66,67,70)/t36-,37+,44+,45+,46+,47-,48+,49+,50+,51+,52+/m1/s1. The fourth-order valence-corrected chi connectivity index (χ4v) is 11.1. The number of guanidine groups is 1. The molecule has 2 aliphatic rings. The second-order valence-corrected chi connectivity index (χ2v) is 25.0. The van der Waals surface area contributed by atoms with E-state index in [1.54, 1.807) is 51.2 Å². The Bertz CT molecular complexity index is 3430. The highest BCUT2D eigenvalue weighted by Crippen LogP contribution is 2.23. The molecule has 10 amide bonds. The van der Waals surface area contributed by atoms with Gasteiger partial charge in [-0.1, -0.05) is 58.0 Å². The van der Waals surface area contributed by atoms with Crippen molar-refractivity contribution in [2.75, 3.05) is 26.2 Å². The number of para-hydroxylation sites is 1. The molecule has 0 unspecified atom stereocenters. The number of benzene rings is 2. The molecule has 2 aliphatic heterocycles. The predicted octanol–water partition coefficient (Wildman–Crippen LogP) is -1.57. The molecule has 32 heteroatoms. The Hall–Kier alpha value is -10.1. The Morgan fingerprint density at radius 2 is 1.27 bits per heavy atom. The zero-order valence-electron chi connectivity index (χ0n) is 55.6. The molecule has 0 radical (unpaired) electrons. The van der Waals surface area contributed by atoms with Gasteiger partial charge in [-0.15, -0.1) is 0 Å². The number of rotatable bonds is 36. The first-order valence-electron chi connectivity index (χ1n) is 32.5. The number of phenolic OH excluding ortho intramolecular Hbond substituents is 1. The van der Waals surface area contributed by atoms with Crippen LogP contribution in [0.4, 0.5) is 0 Å². The van der Waals surface area contributed by atoms with Crippen LogP contribution in [0, 0.1) is 11.8 Å². The minimum atomic E-state index is -1.96. The minimum absolute atomic E-state index is 0.0326. The number of nitrogens with zero attached hydrogens (tertiary/aromatic N) is 3. The van der Waals surface area contributed by atoms with Crippen molar-refractivity contribution in [1.82, 2.24) is 67.7 Å². The summed E-state index contributed by atoms with van der Waals surface area (Å²) in [4.78, 5) is 184. The first-order chi connectivity index (χ1) is 46.1. The number of aliphatic hydroxyl groups excluding tert-OH is 1. The lowest BCUT2D eigenvalue weighted by Crippen LogP contribution is -2.62. The minimum Gasteiger partial charge on any atom is -0.508 e. The van der Waals surface area contributed by atoms with Crippen molar-refractivity contribution >= 4 is 87.9 Å². The van der Waals surface area contributed by atoms with Crippen LogP contribution in [0.2, 0.25) is 0 Å². The number of nitrogens with one attached hydrogen (secondary N) is 11. The largest absolute Gasteiger partial charge is 0.508 e. The van der Waals surface area contributed by atoms with Gasteiger partial charge in [-0.05, 0) is 107 Å². The molecule has 2 aromatic carbocycles. The maximum atomic E-state index is 15.1. The number of aromatic amines is 2. The molecule has 4 heterocycles. The van der Waals surface area contributed by atoms with Gasteiger partial charge in [0.15, 0.2) is 12.1 Å². The van der Waals surface area contributed by atoms with E-state index < -0.39 is 132 Å². The lowest BCUT2D eigenvalue weighted by molar-refractivity contribution is -0.172. The number of carbonyl (C=O) groups is 12. The molecule has 528 valence electrons. The number of amides is 10.